The fourth-order valence-electron chi connectivity index (χ4n) is 12.9. The van der Waals surface area contributed by atoms with Gasteiger partial charge in [0.05, 0.1) is 19.6 Å². The number of nitrogens with one attached hydrogen (secondary N) is 5. The summed E-state index contributed by atoms with van der Waals surface area (Å²) in [5, 5.41) is 26.6. The first-order valence-corrected chi connectivity index (χ1v) is 38.7. The Morgan fingerprint density at radius 2 is 0.905 bits per heavy atom. The highest BCUT2D eigenvalue weighted by molar-refractivity contribution is 8.00. The molecule has 604 valence electrons. The summed E-state index contributed by atoms with van der Waals surface area (Å²) in [4.78, 5) is 199. The number of carbonyl (C=O) groups excluding carboxylic acids is 13. The van der Waals surface area contributed by atoms with Gasteiger partial charge in [0.1, 0.15) is 72.1 Å². The number of carbonyl (C=O) groups is 13. The highest BCUT2D eigenvalue weighted by atomic mass is 32.2. The number of hydrogen-bond acceptors (Lipinski definition) is 17. The first-order valence-electron chi connectivity index (χ1n) is 37.8. The van der Waals surface area contributed by atoms with E-state index in [2.05, 4.69) is 26.6 Å². The van der Waals surface area contributed by atoms with Crippen molar-refractivity contribution in [1.82, 2.24) is 60.9 Å². The zero-order valence-corrected chi connectivity index (χ0v) is 70.1. The zero-order valence-electron chi connectivity index (χ0n) is 69.3. The molecule has 1 heterocycles. The SMILES string of the molecule is CC[C@@H]1NC(=O)[C@H]([C@H](O)[C@H](C)CCCCCCNC(=O)OC(C)(C)C)N(C)C(=O)[C@H](C(C)C)N(C)C(=O)[C@H](CC(C)C)N(C)C(=O)[C@H](CC(C)C)N(C)C(=O)[C@@H](C)NC(=O)[C@H](C)NC(=O)[C@H](CC(C)C)N(C)C(=O)[C@H](C(C)C)NC(=O)[C@H](CC(C)C)N(C)C(=O)[C@@H](CSC(C)(C)CC(=O)OC)N(C)C1=O. The summed E-state index contributed by atoms with van der Waals surface area (Å²) in [6, 6.07) is -14.5. The topological polar surface area (TPSA) is 343 Å². The molecule has 29 heteroatoms. The summed E-state index contributed by atoms with van der Waals surface area (Å²) in [6.07, 6.45) is 1.02. The quantitative estimate of drug-likeness (QED) is 0.0436. The predicted molar refractivity (Wildman–Crippen MR) is 408 cm³/mol. The van der Waals surface area contributed by atoms with Crippen LogP contribution in [0.2, 0.25) is 0 Å². The van der Waals surface area contributed by atoms with E-state index in [0.29, 0.717) is 38.6 Å². The lowest BCUT2D eigenvalue weighted by atomic mass is 9.90. The summed E-state index contributed by atoms with van der Waals surface area (Å²) >= 11 is 1.19. The average molecular weight is 1510 g/mol. The smallest absolute Gasteiger partial charge is 0.407 e. The minimum atomic E-state index is -1.72. The molecule has 6 N–H and O–H groups in total. The van der Waals surface area contributed by atoms with Crippen molar-refractivity contribution in [3.05, 3.63) is 0 Å². The van der Waals surface area contributed by atoms with Crippen LogP contribution in [0.15, 0.2) is 0 Å². The minimum absolute atomic E-state index is 0.0658. The third kappa shape index (κ3) is 30.1. The van der Waals surface area contributed by atoms with Crippen molar-refractivity contribution in [3.8, 4) is 0 Å². The number of esters is 1. The number of methoxy groups -OCH3 is 1. The van der Waals surface area contributed by atoms with Gasteiger partial charge < -0.3 is 75.5 Å². The number of nitrogens with zero attached hydrogens (tertiary/aromatic N) is 7. The van der Waals surface area contributed by atoms with Crippen LogP contribution in [0.3, 0.4) is 0 Å². The maximum absolute atomic E-state index is 15.6. The van der Waals surface area contributed by atoms with Crippen molar-refractivity contribution in [2.45, 2.75) is 299 Å². The molecule has 0 aliphatic carbocycles. The van der Waals surface area contributed by atoms with Crippen molar-refractivity contribution in [3.63, 3.8) is 0 Å². The highest BCUT2D eigenvalue weighted by Gasteiger charge is 2.47. The molecule has 1 aliphatic rings. The van der Waals surface area contributed by atoms with Gasteiger partial charge in [0, 0.05) is 66.4 Å². The Hall–Kier alpha value is -6.78. The van der Waals surface area contributed by atoms with Crippen LogP contribution in [0.1, 0.15) is 216 Å². The van der Waals surface area contributed by atoms with E-state index in [1.54, 1.807) is 76.2 Å². The number of aliphatic hydroxyl groups is 1. The molecule has 13 atom stereocenters. The van der Waals surface area contributed by atoms with E-state index in [9.17, 15) is 33.9 Å². The first-order chi connectivity index (χ1) is 48.3. The van der Waals surface area contributed by atoms with Gasteiger partial charge in [-0.15, -0.1) is 0 Å². The number of thioether (sulfide) groups is 1. The number of ether oxygens (including phenoxy) is 2. The van der Waals surface area contributed by atoms with Crippen molar-refractivity contribution < 1.29 is 76.9 Å². The van der Waals surface area contributed by atoms with Crippen LogP contribution in [0.5, 0.6) is 0 Å². The van der Waals surface area contributed by atoms with Crippen LogP contribution in [0, 0.1) is 41.4 Å². The van der Waals surface area contributed by atoms with E-state index in [-0.39, 0.29) is 67.9 Å². The van der Waals surface area contributed by atoms with Gasteiger partial charge in [-0.25, -0.2) is 4.79 Å². The molecule has 0 bridgehead atoms. The molecule has 1 fully saturated rings. The molecule has 28 nitrogen and oxygen atoms in total. The van der Waals surface area contributed by atoms with Crippen molar-refractivity contribution in [1.29, 1.82) is 0 Å². The van der Waals surface area contributed by atoms with Crippen LogP contribution in [0.4, 0.5) is 4.79 Å². The molecule has 1 saturated heterocycles. The first kappa shape index (κ1) is 96.2. The van der Waals surface area contributed by atoms with Gasteiger partial charge in [-0.3, -0.25) is 57.5 Å². The second-order valence-electron chi connectivity index (χ2n) is 33.0. The van der Waals surface area contributed by atoms with E-state index < -0.39 is 178 Å². The van der Waals surface area contributed by atoms with Crippen LogP contribution < -0.4 is 26.6 Å². The Morgan fingerprint density at radius 3 is 1.37 bits per heavy atom. The summed E-state index contributed by atoms with van der Waals surface area (Å²) < 4.78 is 9.48. The predicted octanol–water partition coefficient (Wildman–Crippen LogP) is 6.22. The lowest BCUT2D eigenvalue weighted by Gasteiger charge is -2.42. The van der Waals surface area contributed by atoms with Gasteiger partial charge in [0.2, 0.25) is 65.0 Å². The number of amides is 12. The molecule has 0 unspecified atom stereocenters. The summed E-state index contributed by atoms with van der Waals surface area (Å²) in [5.41, 5.74) is -0.670. The molecule has 12 amide bonds. The van der Waals surface area contributed by atoms with Crippen molar-refractivity contribution in [2.75, 3.05) is 68.7 Å². The molecule has 0 aromatic carbocycles. The van der Waals surface area contributed by atoms with E-state index in [4.69, 9.17) is 9.47 Å². The zero-order chi connectivity index (χ0) is 81.4. The number of alkyl carbamates (subject to hydrolysis) is 1. The summed E-state index contributed by atoms with van der Waals surface area (Å²) in [5.74, 6) is -11.4. The number of likely N-dealkylation sites (N-methyl/N-ethyl adjacent to an activating group) is 7. The van der Waals surface area contributed by atoms with Crippen LogP contribution in [-0.2, 0) is 67.0 Å². The molecule has 0 aromatic rings. The van der Waals surface area contributed by atoms with E-state index in [0.717, 1.165) is 4.90 Å². The number of aliphatic hydroxyl groups excluding tert-OH is 1. The lowest BCUT2D eigenvalue weighted by molar-refractivity contribution is -0.157. The molecule has 0 saturated carbocycles. The maximum atomic E-state index is 15.6. The van der Waals surface area contributed by atoms with Crippen LogP contribution in [-0.4, -0.2) is 268 Å². The average Bonchev–Trinajstić information content (AvgIpc) is 0.807. The van der Waals surface area contributed by atoms with Crippen LogP contribution in [0.25, 0.3) is 0 Å². The van der Waals surface area contributed by atoms with Crippen molar-refractivity contribution >= 4 is 88.8 Å². The fourth-order valence-corrected chi connectivity index (χ4v) is 14.1. The number of rotatable bonds is 25. The summed E-state index contributed by atoms with van der Waals surface area (Å²) in [7, 11) is 11.1. The highest BCUT2D eigenvalue weighted by Crippen LogP contribution is 2.32. The molecule has 1 rings (SSSR count). The van der Waals surface area contributed by atoms with Gasteiger partial charge in [0.25, 0.3) is 0 Å². The minimum Gasteiger partial charge on any atom is -0.469 e. The Balaban J connectivity index is 4.59. The van der Waals surface area contributed by atoms with Gasteiger partial charge >= 0.3 is 12.1 Å². The standard InChI is InChI=1S/C76H138N12O16S/c1-30-52-68(96)86(26)57(42-105-76(20,21)41-58(89)103-29)71(99)82(22)54(38-44(4)5)65(93)81-59(47(10)11)72(100)83(23)53(37-43(2)3)64(92)78-50(15)63(91)79-51(16)67(95)84(24)55(39-45(6)7)69(97)85(25)56(40-46(8)9)70(98)87(27)60(48(12)13)73(101)88(28)61(66(94)80-52)62(90)49(14)35-33-31-32-34-36-77-74(102)104-75(17,18)19/h43-57,59-62,90H,30-42H2,1-29H3,(H,77,102)(H,78,92)(H,79,91)(H,80,94)(H,81,93)/t49-,50+,51-,52+,53+,54+,55+,56+,57-,59+,60+,61+,62-/m1/s1. The van der Waals surface area contributed by atoms with Gasteiger partial charge in [-0.1, -0.05) is 130 Å². The molecule has 0 aromatic heterocycles. The Labute approximate surface area is 632 Å². The van der Waals surface area contributed by atoms with Gasteiger partial charge in [-0.2, -0.15) is 11.8 Å². The third-order valence-corrected chi connectivity index (χ3v) is 20.7. The van der Waals surface area contributed by atoms with E-state index >= 15 is 33.6 Å². The lowest BCUT2D eigenvalue weighted by Crippen LogP contribution is -2.64. The Bertz CT molecular complexity index is 2900. The molecule has 0 radical (unpaired) electrons. The summed E-state index contributed by atoms with van der Waals surface area (Å²) in [6.45, 7) is 37.1. The molecular weight excluding hydrogens is 1370 g/mol. The van der Waals surface area contributed by atoms with Crippen molar-refractivity contribution in [2.24, 2.45) is 41.4 Å². The van der Waals surface area contributed by atoms with E-state index in [1.165, 1.54) is 111 Å². The second-order valence-corrected chi connectivity index (χ2v) is 34.7. The molecule has 0 spiro atoms. The number of unbranched alkanes of at least 4 members (excludes halogenated alkanes) is 3. The monoisotopic (exact) mass is 1510 g/mol. The van der Waals surface area contributed by atoms with E-state index in [1.807, 2.05) is 55.4 Å². The third-order valence-electron chi connectivity index (χ3n) is 19.3. The second kappa shape index (κ2) is 43.9. The largest absolute Gasteiger partial charge is 0.469 e. The molecule has 1 aliphatic heterocycles. The Kier molecular flexibility index (Phi) is 40.2. The van der Waals surface area contributed by atoms with Gasteiger partial charge in [-0.05, 0) is 121 Å². The maximum Gasteiger partial charge on any atom is 0.407 e. The Morgan fingerprint density at radius 1 is 0.486 bits per heavy atom. The number of hydrogen-bond donors (Lipinski definition) is 6. The normalized spacial score (nSPS) is 24.9. The molecule has 105 heavy (non-hydrogen) atoms. The van der Waals surface area contributed by atoms with Crippen LogP contribution >= 0.6 is 11.8 Å². The molecular formula is C76H138N12O16S. The van der Waals surface area contributed by atoms with Gasteiger partial charge in [0.15, 0.2) is 0 Å². The fraction of sp³-hybridized carbons (Fsp3) is 0.829.